The van der Waals surface area contributed by atoms with Crippen molar-refractivity contribution in [2.24, 2.45) is 7.05 Å². The third-order valence-corrected chi connectivity index (χ3v) is 3.76. The van der Waals surface area contributed by atoms with Crippen molar-refractivity contribution in [1.29, 1.82) is 0 Å². The van der Waals surface area contributed by atoms with Crippen LogP contribution in [0.15, 0.2) is 36.5 Å². The second-order valence-electron chi connectivity index (χ2n) is 5.03. The molecule has 3 nitrogen and oxygen atoms in total. The van der Waals surface area contributed by atoms with Gasteiger partial charge in [-0.2, -0.15) is 5.10 Å². The van der Waals surface area contributed by atoms with Crippen molar-refractivity contribution >= 4 is 11.6 Å². The molecule has 0 radical (unpaired) electrons. The molecule has 0 amide bonds. The van der Waals surface area contributed by atoms with Gasteiger partial charge >= 0.3 is 0 Å². The number of aryl methyl sites for hydroxylation is 2. The highest BCUT2D eigenvalue weighted by Crippen LogP contribution is 2.25. The molecule has 2 rings (SSSR count). The highest BCUT2D eigenvalue weighted by Gasteiger charge is 2.18. The van der Waals surface area contributed by atoms with Crippen molar-refractivity contribution in [3.05, 3.63) is 52.8 Å². The number of benzene rings is 1. The van der Waals surface area contributed by atoms with E-state index in [2.05, 4.69) is 41.6 Å². The molecule has 0 saturated carbocycles. The average molecular weight is 292 g/mol. The third kappa shape index (κ3) is 3.84. The summed E-state index contributed by atoms with van der Waals surface area (Å²) in [7, 11) is 1.95. The number of halogens is 1. The molecule has 1 heterocycles. The van der Waals surface area contributed by atoms with Gasteiger partial charge in [-0.1, -0.05) is 48.9 Å². The van der Waals surface area contributed by atoms with Crippen LogP contribution in [0.2, 0.25) is 5.02 Å². The summed E-state index contributed by atoms with van der Waals surface area (Å²) >= 11 is 6.28. The molecular formula is C16H22ClN3. The third-order valence-electron chi connectivity index (χ3n) is 3.47. The predicted octanol–water partition coefficient (Wildman–Crippen LogP) is 3.75. The molecule has 20 heavy (non-hydrogen) atoms. The molecule has 2 aromatic rings. The fourth-order valence-electron chi connectivity index (χ4n) is 2.42. The van der Waals surface area contributed by atoms with Crippen LogP contribution in [0.3, 0.4) is 0 Å². The van der Waals surface area contributed by atoms with Crippen molar-refractivity contribution in [1.82, 2.24) is 15.1 Å². The molecule has 0 aliphatic rings. The monoisotopic (exact) mass is 291 g/mol. The molecule has 0 aliphatic carbocycles. The molecule has 1 N–H and O–H groups in total. The topological polar surface area (TPSA) is 29.9 Å². The Morgan fingerprint density at radius 1 is 1.30 bits per heavy atom. The van der Waals surface area contributed by atoms with E-state index in [1.54, 1.807) is 6.20 Å². The first-order valence-electron chi connectivity index (χ1n) is 7.17. The molecule has 108 valence electrons. The number of rotatable bonds is 7. The Kier molecular flexibility index (Phi) is 5.62. The highest BCUT2D eigenvalue weighted by atomic mass is 35.5. The number of nitrogens with one attached hydrogen (secondary N) is 1. The molecule has 1 aromatic heterocycles. The van der Waals surface area contributed by atoms with E-state index in [9.17, 15) is 0 Å². The molecule has 0 saturated heterocycles. The van der Waals surface area contributed by atoms with Crippen LogP contribution >= 0.6 is 11.6 Å². The summed E-state index contributed by atoms with van der Waals surface area (Å²) in [4.78, 5) is 0. The highest BCUT2D eigenvalue weighted by molar-refractivity contribution is 6.31. The van der Waals surface area contributed by atoms with Crippen molar-refractivity contribution in [2.45, 2.75) is 32.2 Å². The molecule has 0 spiro atoms. The van der Waals surface area contributed by atoms with Gasteiger partial charge < -0.3 is 5.32 Å². The standard InChI is InChI=1S/C16H22ClN3/c1-3-11-18-15(16-14(17)12-19-20(16)2)10-9-13-7-5-4-6-8-13/h4-8,12,15,18H,3,9-11H2,1-2H3. The van der Waals surface area contributed by atoms with Crippen LogP contribution in [0.1, 0.15) is 37.1 Å². The van der Waals surface area contributed by atoms with Crippen LogP contribution in [0.4, 0.5) is 0 Å². The van der Waals surface area contributed by atoms with E-state index >= 15 is 0 Å². The Labute approximate surface area is 126 Å². The fraction of sp³-hybridized carbons (Fsp3) is 0.438. The minimum atomic E-state index is 0.246. The lowest BCUT2D eigenvalue weighted by Gasteiger charge is -2.19. The summed E-state index contributed by atoms with van der Waals surface area (Å²) in [5.74, 6) is 0. The van der Waals surface area contributed by atoms with Gasteiger partial charge in [-0.25, -0.2) is 0 Å². The largest absolute Gasteiger partial charge is 0.309 e. The molecule has 0 aliphatic heterocycles. The zero-order chi connectivity index (χ0) is 14.4. The molecular weight excluding hydrogens is 270 g/mol. The Balaban J connectivity index is 2.08. The van der Waals surface area contributed by atoms with Gasteiger partial charge in [0.25, 0.3) is 0 Å². The first-order chi connectivity index (χ1) is 9.72. The Hall–Kier alpha value is -1.32. The summed E-state index contributed by atoms with van der Waals surface area (Å²) < 4.78 is 1.88. The summed E-state index contributed by atoms with van der Waals surface area (Å²) in [5, 5.41) is 8.57. The number of hydrogen-bond acceptors (Lipinski definition) is 2. The van der Waals surface area contributed by atoms with Gasteiger partial charge in [0.1, 0.15) is 0 Å². The van der Waals surface area contributed by atoms with E-state index in [1.807, 2.05) is 17.8 Å². The second-order valence-corrected chi connectivity index (χ2v) is 5.44. The van der Waals surface area contributed by atoms with Gasteiger partial charge in [0.05, 0.1) is 23.0 Å². The fourth-order valence-corrected chi connectivity index (χ4v) is 2.72. The van der Waals surface area contributed by atoms with Crippen LogP contribution in [-0.4, -0.2) is 16.3 Å². The first kappa shape index (κ1) is 15.1. The molecule has 0 bridgehead atoms. The van der Waals surface area contributed by atoms with Gasteiger partial charge in [-0.3, -0.25) is 4.68 Å². The van der Waals surface area contributed by atoms with Crippen LogP contribution in [-0.2, 0) is 13.5 Å². The summed E-state index contributed by atoms with van der Waals surface area (Å²) in [6.07, 6.45) is 4.88. The molecule has 1 aromatic carbocycles. The Bertz CT molecular complexity index is 502. The van der Waals surface area contributed by atoms with E-state index in [4.69, 9.17) is 11.6 Å². The normalized spacial score (nSPS) is 12.6. The predicted molar refractivity (Wildman–Crippen MR) is 84.0 cm³/mol. The molecule has 1 unspecified atom stereocenters. The van der Waals surface area contributed by atoms with Crippen molar-refractivity contribution in [3.63, 3.8) is 0 Å². The van der Waals surface area contributed by atoms with Crippen molar-refractivity contribution < 1.29 is 0 Å². The maximum absolute atomic E-state index is 6.28. The summed E-state index contributed by atoms with van der Waals surface area (Å²) in [6.45, 7) is 3.16. The summed E-state index contributed by atoms with van der Waals surface area (Å²) in [6, 6.07) is 10.8. The van der Waals surface area contributed by atoms with Crippen molar-refractivity contribution in [2.75, 3.05) is 6.54 Å². The van der Waals surface area contributed by atoms with Crippen LogP contribution in [0.25, 0.3) is 0 Å². The van der Waals surface area contributed by atoms with Crippen LogP contribution in [0, 0.1) is 0 Å². The van der Waals surface area contributed by atoms with Gasteiger partial charge in [0, 0.05) is 7.05 Å². The minimum absolute atomic E-state index is 0.246. The van der Waals surface area contributed by atoms with Crippen LogP contribution in [0.5, 0.6) is 0 Å². The van der Waals surface area contributed by atoms with Gasteiger partial charge in [-0.05, 0) is 31.4 Å². The van der Waals surface area contributed by atoms with E-state index in [-0.39, 0.29) is 6.04 Å². The maximum atomic E-state index is 6.28. The van der Waals surface area contributed by atoms with Gasteiger partial charge in [-0.15, -0.1) is 0 Å². The number of aromatic nitrogens is 2. The first-order valence-corrected chi connectivity index (χ1v) is 7.55. The van der Waals surface area contributed by atoms with Crippen molar-refractivity contribution in [3.8, 4) is 0 Å². The minimum Gasteiger partial charge on any atom is -0.309 e. The van der Waals surface area contributed by atoms with E-state index in [1.165, 1.54) is 5.56 Å². The Morgan fingerprint density at radius 2 is 2.05 bits per heavy atom. The molecule has 4 heteroatoms. The number of nitrogens with zero attached hydrogens (tertiary/aromatic N) is 2. The lowest BCUT2D eigenvalue weighted by atomic mass is 10.0. The smallest absolute Gasteiger partial charge is 0.0834 e. The second kappa shape index (κ2) is 7.46. The zero-order valence-electron chi connectivity index (χ0n) is 12.1. The SMILES string of the molecule is CCCNC(CCc1ccccc1)c1c(Cl)cnn1C. The van der Waals surface area contributed by atoms with E-state index in [0.717, 1.165) is 36.5 Å². The van der Waals surface area contributed by atoms with E-state index in [0.29, 0.717) is 0 Å². The molecule has 0 fully saturated rings. The number of hydrogen-bond donors (Lipinski definition) is 1. The quantitative estimate of drug-likeness (QED) is 0.842. The maximum Gasteiger partial charge on any atom is 0.0834 e. The Morgan fingerprint density at radius 3 is 2.65 bits per heavy atom. The van der Waals surface area contributed by atoms with Crippen LogP contribution < -0.4 is 5.32 Å². The van der Waals surface area contributed by atoms with Gasteiger partial charge in [0.15, 0.2) is 0 Å². The zero-order valence-corrected chi connectivity index (χ0v) is 12.9. The van der Waals surface area contributed by atoms with Gasteiger partial charge in [0.2, 0.25) is 0 Å². The lowest BCUT2D eigenvalue weighted by Crippen LogP contribution is -2.25. The lowest BCUT2D eigenvalue weighted by molar-refractivity contribution is 0.468. The van der Waals surface area contributed by atoms with E-state index < -0.39 is 0 Å². The average Bonchev–Trinajstić information content (AvgIpc) is 2.80. The molecule has 1 atom stereocenters. The summed E-state index contributed by atoms with van der Waals surface area (Å²) in [5.41, 5.74) is 2.44.